The number of nitrogens with zero attached hydrogens (tertiary/aromatic N) is 2. The molecule has 1 atom stereocenters. The standard InChI is InChI=1S/C21H37N3O2S.HI/c1-18(2)14-22-20(23-15-19-8-13-27(25,26)16-19)24-12-7-11-21(17-24)9-5-3-4-6-10-21;/h19H,1,3-17H2,2H3,(H,22,23);1H. The molecule has 162 valence electrons. The van der Waals surface area contributed by atoms with E-state index in [1.54, 1.807) is 0 Å². The first-order valence-electron chi connectivity index (χ1n) is 10.8. The SMILES string of the molecule is C=C(C)CN=C(NCC1CCS(=O)(=O)C1)N1CCCC2(CCCCCC2)C1.I. The zero-order chi connectivity index (χ0) is 19.3. The third-order valence-electron chi connectivity index (χ3n) is 6.50. The molecule has 3 rings (SSSR count). The molecule has 1 N–H and O–H groups in total. The predicted molar refractivity (Wildman–Crippen MR) is 128 cm³/mol. The molecule has 3 fully saturated rings. The minimum atomic E-state index is -2.83. The first-order chi connectivity index (χ1) is 12.9. The van der Waals surface area contributed by atoms with Crippen LogP contribution in [0.15, 0.2) is 17.1 Å². The number of likely N-dealkylation sites (tertiary alicyclic amines) is 1. The summed E-state index contributed by atoms with van der Waals surface area (Å²) in [7, 11) is -2.83. The molecule has 5 nitrogen and oxygen atoms in total. The van der Waals surface area contributed by atoms with Crippen molar-refractivity contribution in [3.8, 4) is 0 Å². The van der Waals surface area contributed by atoms with Crippen LogP contribution in [0.4, 0.5) is 0 Å². The summed E-state index contributed by atoms with van der Waals surface area (Å²) in [6.07, 6.45) is 11.5. The van der Waals surface area contributed by atoms with Gasteiger partial charge in [-0.2, -0.15) is 0 Å². The summed E-state index contributed by atoms with van der Waals surface area (Å²) in [5, 5.41) is 3.53. The van der Waals surface area contributed by atoms with Crippen LogP contribution in [0.25, 0.3) is 0 Å². The van der Waals surface area contributed by atoms with Gasteiger partial charge in [0.05, 0.1) is 18.1 Å². The smallest absolute Gasteiger partial charge is 0.194 e. The van der Waals surface area contributed by atoms with Crippen molar-refractivity contribution < 1.29 is 8.42 Å². The Balaban J connectivity index is 0.00000280. The Labute approximate surface area is 188 Å². The molecular weight excluding hydrogens is 485 g/mol. The molecule has 0 aromatic rings. The number of piperidine rings is 1. The van der Waals surface area contributed by atoms with Crippen LogP contribution in [0.1, 0.15) is 64.7 Å². The Morgan fingerprint density at radius 2 is 1.86 bits per heavy atom. The molecule has 2 heterocycles. The van der Waals surface area contributed by atoms with Crippen LogP contribution in [-0.4, -0.2) is 57.0 Å². The lowest BCUT2D eigenvalue weighted by atomic mass is 9.74. The van der Waals surface area contributed by atoms with Gasteiger partial charge in [-0.25, -0.2) is 13.4 Å². The van der Waals surface area contributed by atoms with E-state index in [4.69, 9.17) is 4.99 Å². The maximum absolute atomic E-state index is 11.8. The van der Waals surface area contributed by atoms with Gasteiger partial charge < -0.3 is 10.2 Å². The molecule has 7 heteroatoms. The third kappa shape index (κ3) is 6.89. The average molecular weight is 524 g/mol. The van der Waals surface area contributed by atoms with Gasteiger partial charge in [-0.05, 0) is 50.4 Å². The van der Waals surface area contributed by atoms with Gasteiger partial charge in [-0.15, -0.1) is 24.0 Å². The van der Waals surface area contributed by atoms with Crippen molar-refractivity contribution in [1.29, 1.82) is 0 Å². The number of halogens is 1. The van der Waals surface area contributed by atoms with Crippen LogP contribution < -0.4 is 5.32 Å². The summed E-state index contributed by atoms with van der Waals surface area (Å²) in [5.74, 6) is 1.83. The maximum Gasteiger partial charge on any atom is 0.194 e. The fourth-order valence-electron chi connectivity index (χ4n) is 5.02. The highest BCUT2D eigenvalue weighted by Gasteiger charge is 2.37. The Morgan fingerprint density at radius 1 is 1.18 bits per heavy atom. The lowest BCUT2D eigenvalue weighted by Crippen LogP contribution is -2.51. The van der Waals surface area contributed by atoms with E-state index in [2.05, 4.69) is 16.8 Å². The third-order valence-corrected chi connectivity index (χ3v) is 8.34. The first-order valence-corrected chi connectivity index (χ1v) is 12.6. The van der Waals surface area contributed by atoms with E-state index in [0.717, 1.165) is 31.0 Å². The van der Waals surface area contributed by atoms with Crippen LogP contribution in [-0.2, 0) is 9.84 Å². The highest BCUT2D eigenvalue weighted by atomic mass is 127. The lowest BCUT2D eigenvalue weighted by Gasteiger charge is -2.44. The summed E-state index contributed by atoms with van der Waals surface area (Å²) in [5.41, 5.74) is 1.51. The van der Waals surface area contributed by atoms with E-state index < -0.39 is 9.84 Å². The first kappa shape index (κ1) is 24.0. The van der Waals surface area contributed by atoms with Crippen molar-refractivity contribution in [3.63, 3.8) is 0 Å². The van der Waals surface area contributed by atoms with Crippen LogP contribution in [0.2, 0.25) is 0 Å². The van der Waals surface area contributed by atoms with Gasteiger partial charge in [-0.3, -0.25) is 0 Å². The van der Waals surface area contributed by atoms with Crippen LogP contribution in [0, 0.1) is 11.3 Å². The minimum absolute atomic E-state index is 0. The van der Waals surface area contributed by atoms with E-state index in [1.165, 1.54) is 51.4 Å². The van der Waals surface area contributed by atoms with Gasteiger partial charge in [0.25, 0.3) is 0 Å². The maximum atomic E-state index is 11.8. The molecule has 0 bridgehead atoms. The zero-order valence-corrected chi connectivity index (χ0v) is 20.6. The van der Waals surface area contributed by atoms with E-state index in [9.17, 15) is 8.42 Å². The van der Waals surface area contributed by atoms with Crippen molar-refractivity contribution in [2.75, 3.05) is 37.7 Å². The number of rotatable bonds is 4. The monoisotopic (exact) mass is 523 g/mol. The fourth-order valence-corrected chi connectivity index (χ4v) is 6.88. The van der Waals surface area contributed by atoms with Crippen molar-refractivity contribution in [3.05, 3.63) is 12.2 Å². The molecule has 1 saturated carbocycles. The molecule has 28 heavy (non-hydrogen) atoms. The number of hydrogen-bond donors (Lipinski definition) is 1. The van der Waals surface area contributed by atoms with E-state index in [0.29, 0.717) is 30.0 Å². The second-order valence-electron chi connectivity index (χ2n) is 9.19. The van der Waals surface area contributed by atoms with Gasteiger partial charge >= 0.3 is 0 Å². The summed E-state index contributed by atoms with van der Waals surface area (Å²) in [6, 6.07) is 0. The second kappa shape index (κ2) is 10.6. The lowest BCUT2D eigenvalue weighted by molar-refractivity contribution is 0.115. The molecule has 1 aliphatic carbocycles. The van der Waals surface area contributed by atoms with Gasteiger partial charge in [0.1, 0.15) is 0 Å². The molecule has 0 radical (unpaired) electrons. The Bertz CT molecular complexity index is 655. The Hall–Kier alpha value is -0.310. The molecule has 0 aromatic carbocycles. The Kier molecular flexibility index (Phi) is 9.11. The quantitative estimate of drug-likeness (QED) is 0.262. The Morgan fingerprint density at radius 3 is 2.46 bits per heavy atom. The van der Waals surface area contributed by atoms with E-state index in [1.807, 2.05) is 6.92 Å². The average Bonchev–Trinajstić information content (AvgIpc) is 2.82. The predicted octanol–water partition coefficient (Wildman–Crippen LogP) is 4.00. The number of hydrogen-bond acceptors (Lipinski definition) is 3. The van der Waals surface area contributed by atoms with E-state index >= 15 is 0 Å². The number of guanidine groups is 1. The summed E-state index contributed by atoms with van der Waals surface area (Å²) < 4.78 is 23.5. The van der Waals surface area contributed by atoms with E-state index in [-0.39, 0.29) is 29.9 Å². The van der Waals surface area contributed by atoms with Crippen molar-refractivity contribution in [2.45, 2.75) is 64.7 Å². The van der Waals surface area contributed by atoms with Crippen molar-refractivity contribution in [2.24, 2.45) is 16.3 Å². The molecule has 3 aliphatic rings. The molecule has 2 saturated heterocycles. The molecule has 2 aliphatic heterocycles. The van der Waals surface area contributed by atoms with Crippen molar-refractivity contribution in [1.82, 2.24) is 10.2 Å². The second-order valence-corrected chi connectivity index (χ2v) is 11.4. The molecule has 0 amide bonds. The van der Waals surface area contributed by atoms with Crippen LogP contribution >= 0.6 is 24.0 Å². The highest BCUT2D eigenvalue weighted by Crippen LogP contribution is 2.42. The summed E-state index contributed by atoms with van der Waals surface area (Å²) in [6.45, 7) is 9.48. The summed E-state index contributed by atoms with van der Waals surface area (Å²) >= 11 is 0. The van der Waals surface area contributed by atoms with Crippen molar-refractivity contribution >= 4 is 39.8 Å². The molecule has 0 aromatic heterocycles. The molecular formula is C21H38IN3O2S. The highest BCUT2D eigenvalue weighted by molar-refractivity contribution is 14.0. The molecule has 1 spiro atoms. The van der Waals surface area contributed by atoms with Crippen LogP contribution in [0.3, 0.4) is 0 Å². The van der Waals surface area contributed by atoms with Gasteiger partial charge in [0, 0.05) is 19.6 Å². The normalized spacial score (nSPS) is 27.1. The van der Waals surface area contributed by atoms with Gasteiger partial charge in [0.2, 0.25) is 0 Å². The zero-order valence-electron chi connectivity index (χ0n) is 17.4. The number of sulfone groups is 1. The largest absolute Gasteiger partial charge is 0.356 e. The van der Waals surface area contributed by atoms with Crippen LogP contribution in [0.5, 0.6) is 0 Å². The fraction of sp³-hybridized carbons (Fsp3) is 0.857. The van der Waals surface area contributed by atoms with Gasteiger partial charge in [0.15, 0.2) is 15.8 Å². The topological polar surface area (TPSA) is 61.8 Å². The minimum Gasteiger partial charge on any atom is -0.356 e. The molecule has 1 unspecified atom stereocenters. The number of aliphatic imine (C=N–C) groups is 1. The summed E-state index contributed by atoms with van der Waals surface area (Å²) in [4.78, 5) is 7.27. The number of nitrogens with one attached hydrogen (secondary N) is 1. The van der Waals surface area contributed by atoms with Gasteiger partial charge in [-0.1, -0.05) is 37.8 Å².